The Balaban J connectivity index is 2.85. The fourth-order valence-corrected chi connectivity index (χ4v) is 1.37. The number of hydrogen-bond acceptors (Lipinski definition) is 3. The van der Waals surface area contributed by atoms with Gasteiger partial charge in [-0.2, -0.15) is 0 Å². The summed E-state index contributed by atoms with van der Waals surface area (Å²) in [6.45, 7) is 9.42. The smallest absolute Gasteiger partial charge is 0.335 e. The second-order valence-electron chi connectivity index (χ2n) is 5.60. The van der Waals surface area contributed by atoms with Crippen LogP contribution in [-0.2, 0) is 0 Å². The highest BCUT2D eigenvalue weighted by Gasteiger charge is 2.22. The molecule has 0 saturated heterocycles. The Hall–Kier alpha value is -1.71. The van der Waals surface area contributed by atoms with Crippen LogP contribution in [0.2, 0.25) is 0 Å². The Bertz CT molecular complexity index is 439. The number of carboxylic acids is 1. The molecule has 0 saturated carbocycles. The predicted octanol–water partition coefficient (Wildman–Crippen LogP) is 3.06. The van der Waals surface area contributed by atoms with E-state index in [9.17, 15) is 4.79 Å². The molecule has 1 rings (SSSR count). The summed E-state index contributed by atoms with van der Waals surface area (Å²) in [4.78, 5) is 10.9. The van der Waals surface area contributed by atoms with Gasteiger partial charge in [0.05, 0.1) is 16.9 Å². The fraction of sp³-hybridized carbons (Fsp3) is 0.500. The van der Waals surface area contributed by atoms with Crippen LogP contribution in [0.1, 0.15) is 38.1 Å². The van der Waals surface area contributed by atoms with Crippen LogP contribution in [0.4, 0.5) is 11.4 Å². The number of aromatic carboxylic acids is 1. The molecule has 4 heteroatoms. The molecule has 0 atom stereocenters. The molecule has 0 radical (unpaired) electrons. The van der Waals surface area contributed by atoms with Crippen molar-refractivity contribution < 1.29 is 9.90 Å². The highest BCUT2D eigenvalue weighted by molar-refractivity contribution is 5.90. The van der Waals surface area contributed by atoms with E-state index in [-0.39, 0.29) is 11.0 Å². The SMILES string of the molecule is CC(C)C(C)(C)CNc1cc(C(=O)O)ccc1N. The number of nitrogens with two attached hydrogens (primary N) is 1. The number of anilines is 2. The standard InChI is InChI=1S/C14H22N2O2/c1-9(2)14(3,4)8-16-12-7-10(13(17)18)5-6-11(12)15/h5-7,9,16H,8,15H2,1-4H3,(H,17,18). The summed E-state index contributed by atoms with van der Waals surface area (Å²) in [7, 11) is 0. The summed E-state index contributed by atoms with van der Waals surface area (Å²) in [5.41, 5.74) is 7.45. The lowest BCUT2D eigenvalue weighted by molar-refractivity contribution is 0.0697. The number of nitrogen functional groups attached to an aromatic ring is 1. The molecular formula is C14H22N2O2. The predicted molar refractivity (Wildman–Crippen MR) is 74.9 cm³/mol. The molecule has 0 aromatic heterocycles. The zero-order chi connectivity index (χ0) is 13.9. The van der Waals surface area contributed by atoms with Gasteiger partial charge in [-0.3, -0.25) is 0 Å². The first-order valence-corrected chi connectivity index (χ1v) is 6.10. The van der Waals surface area contributed by atoms with E-state index in [1.54, 1.807) is 12.1 Å². The summed E-state index contributed by atoms with van der Waals surface area (Å²) >= 11 is 0. The average molecular weight is 250 g/mol. The highest BCUT2D eigenvalue weighted by Crippen LogP contribution is 2.28. The van der Waals surface area contributed by atoms with Gasteiger partial charge >= 0.3 is 5.97 Å². The number of nitrogens with one attached hydrogen (secondary N) is 1. The van der Waals surface area contributed by atoms with Crippen molar-refractivity contribution in [2.45, 2.75) is 27.7 Å². The number of carboxylic acid groups (broad SMARTS) is 1. The molecule has 0 aliphatic rings. The summed E-state index contributed by atoms with van der Waals surface area (Å²) in [5, 5.41) is 12.2. The molecule has 4 N–H and O–H groups in total. The maximum atomic E-state index is 10.9. The topological polar surface area (TPSA) is 75.3 Å². The summed E-state index contributed by atoms with van der Waals surface area (Å²) in [6.07, 6.45) is 0. The van der Waals surface area contributed by atoms with Gasteiger partial charge in [-0.15, -0.1) is 0 Å². The first kappa shape index (κ1) is 14.4. The minimum Gasteiger partial charge on any atom is -0.478 e. The van der Waals surface area contributed by atoms with Gasteiger partial charge in [0.15, 0.2) is 0 Å². The largest absolute Gasteiger partial charge is 0.478 e. The van der Waals surface area contributed by atoms with E-state index in [0.717, 1.165) is 6.54 Å². The number of hydrogen-bond donors (Lipinski definition) is 3. The van der Waals surface area contributed by atoms with E-state index < -0.39 is 5.97 Å². The molecule has 0 fully saturated rings. The molecule has 0 aliphatic heterocycles. The number of rotatable bonds is 5. The molecule has 0 heterocycles. The Kier molecular flexibility index (Phi) is 4.22. The molecule has 1 aromatic rings. The highest BCUT2D eigenvalue weighted by atomic mass is 16.4. The molecule has 18 heavy (non-hydrogen) atoms. The van der Waals surface area contributed by atoms with Crippen molar-refractivity contribution in [2.24, 2.45) is 11.3 Å². The Morgan fingerprint density at radius 2 is 2.06 bits per heavy atom. The van der Waals surface area contributed by atoms with Gasteiger partial charge in [0, 0.05) is 6.54 Å². The van der Waals surface area contributed by atoms with Crippen molar-refractivity contribution in [3.63, 3.8) is 0 Å². The first-order chi connectivity index (χ1) is 8.24. The van der Waals surface area contributed by atoms with Crippen molar-refractivity contribution in [3.8, 4) is 0 Å². The molecule has 100 valence electrons. The Morgan fingerprint density at radius 3 is 2.56 bits per heavy atom. The summed E-state index contributed by atoms with van der Waals surface area (Å²) in [6, 6.07) is 4.71. The number of carbonyl (C=O) groups is 1. The third-order valence-electron chi connectivity index (χ3n) is 3.60. The second kappa shape index (κ2) is 5.29. The van der Waals surface area contributed by atoms with Crippen LogP contribution in [0.15, 0.2) is 18.2 Å². The molecule has 1 aromatic carbocycles. The third-order valence-corrected chi connectivity index (χ3v) is 3.60. The van der Waals surface area contributed by atoms with Crippen molar-refractivity contribution in [3.05, 3.63) is 23.8 Å². The molecule has 0 amide bonds. The monoisotopic (exact) mass is 250 g/mol. The third kappa shape index (κ3) is 3.39. The van der Waals surface area contributed by atoms with Crippen molar-refractivity contribution >= 4 is 17.3 Å². The van der Waals surface area contributed by atoms with E-state index >= 15 is 0 Å². The maximum Gasteiger partial charge on any atom is 0.335 e. The molecule has 4 nitrogen and oxygen atoms in total. The van der Waals surface area contributed by atoms with Gasteiger partial charge < -0.3 is 16.2 Å². The van der Waals surface area contributed by atoms with Gasteiger partial charge in [-0.1, -0.05) is 27.7 Å². The lowest BCUT2D eigenvalue weighted by Crippen LogP contribution is -2.28. The minimum atomic E-state index is -0.943. The lowest BCUT2D eigenvalue weighted by atomic mass is 9.81. The van der Waals surface area contributed by atoms with Crippen LogP contribution >= 0.6 is 0 Å². The summed E-state index contributed by atoms with van der Waals surface area (Å²) < 4.78 is 0. The second-order valence-corrected chi connectivity index (χ2v) is 5.60. The molecule has 0 aliphatic carbocycles. The van der Waals surface area contributed by atoms with Crippen LogP contribution in [0.5, 0.6) is 0 Å². The van der Waals surface area contributed by atoms with Crippen molar-refractivity contribution in [1.82, 2.24) is 0 Å². The van der Waals surface area contributed by atoms with E-state index in [0.29, 0.717) is 17.3 Å². The molecular weight excluding hydrogens is 228 g/mol. The van der Waals surface area contributed by atoms with Crippen LogP contribution in [0.3, 0.4) is 0 Å². The Morgan fingerprint density at radius 1 is 1.44 bits per heavy atom. The minimum absolute atomic E-state index is 0.117. The normalized spacial score (nSPS) is 11.6. The van der Waals surface area contributed by atoms with E-state index in [1.807, 2.05) is 0 Å². The van der Waals surface area contributed by atoms with Crippen LogP contribution in [0, 0.1) is 11.3 Å². The van der Waals surface area contributed by atoms with Gasteiger partial charge in [0.1, 0.15) is 0 Å². The van der Waals surface area contributed by atoms with E-state index in [2.05, 4.69) is 33.0 Å². The van der Waals surface area contributed by atoms with Gasteiger partial charge in [-0.25, -0.2) is 4.79 Å². The van der Waals surface area contributed by atoms with E-state index in [1.165, 1.54) is 6.07 Å². The van der Waals surface area contributed by atoms with Crippen LogP contribution in [-0.4, -0.2) is 17.6 Å². The summed E-state index contributed by atoms with van der Waals surface area (Å²) in [5.74, 6) is -0.421. The molecule has 0 unspecified atom stereocenters. The molecule has 0 bridgehead atoms. The number of benzene rings is 1. The first-order valence-electron chi connectivity index (χ1n) is 6.10. The Labute approximate surface area is 108 Å². The molecule has 0 spiro atoms. The van der Waals surface area contributed by atoms with Crippen molar-refractivity contribution in [1.29, 1.82) is 0 Å². The maximum absolute atomic E-state index is 10.9. The van der Waals surface area contributed by atoms with Gasteiger partial charge in [-0.05, 0) is 29.5 Å². The van der Waals surface area contributed by atoms with Gasteiger partial charge in [0.2, 0.25) is 0 Å². The van der Waals surface area contributed by atoms with Gasteiger partial charge in [0.25, 0.3) is 0 Å². The quantitative estimate of drug-likeness (QED) is 0.702. The van der Waals surface area contributed by atoms with Crippen molar-refractivity contribution in [2.75, 3.05) is 17.6 Å². The zero-order valence-electron chi connectivity index (χ0n) is 11.4. The fourth-order valence-electron chi connectivity index (χ4n) is 1.37. The zero-order valence-corrected chi connectivity index (χ0v) is 11.4. The van der Waals surface area contributed by atoms with Crippen LogP contribution in [0.25, 0.3) is 0 Å². The lowest BCUT2D eigenvalue weighted by Gasteiger charge is -2.30. The van der Waals surface area contributed by atoms with Crippen LogP contribution < -0.4 is 11.1 Å². The van der Waals surface area contributed by atoms with E-state index in [4.69, 9.17) is 10.8 Å². The average Bonchev–Trinajstić information content (AvgIpc) is 2.27.